The molecular weight excluding hydrogens is 453 g/mol. The number of nitrogens with zero attached hydrogens (tertiary/aromatic N) is 3. The van der Waals surface area contributed by atoms with E-state index in [1.54, 1.807) is 7.05 Å². The summed E-state index contributed by atoms with van der Waals surface area (Å²) < 4.78 is 0. The number of benzene rings is 1. The summed E-state index contributed by atoms with van der Waals surface area (Å²) in [6.45, 7) is 7.78. The molecule has 2 rings (SSSR count). The molecule has 27 heavy (non-hydrogen) atoms. The van der Waals surface area contributed by atoms with Gasteiger partial charge in [-0.2, -0.15) is 0 Å². The van der Waals surface area contributed by atoms with Crippen LogP contribution in [0.4, 0.5) is 0 Å². The number of guanidine groups is 1. The Morgan fingerprint density at radius 3 is 2.48 bits per heavy atom. The Hall–Kier alpha value is -1.61. The summed E-state index contributed by atoms with van der Waals surface area (Å²) in [5.41, 5.74) is 1.23. The molecule has 1 heterocycles. The number of rotatable bonds is 7. The number of hydrogen-bond donors (Lipinski definition) is 2. The van der Waals surface area contributed by atoms with Crippen LogP contribution in [0.3, 0.4) is 0 Å². The van der Waals surface area contributed by atoms with Gasteiger partial charge in [0, 0.05) is 46.3 Å². The number of carbonyl (C=O) groups is 1. The van der Waals surface area contributed by atoms with Crippen molar-refractivity contribution >= 4 is 41.9 Å². The quantitative estimate of drug-likeness (QED) is 0.353. The molecule has 0 atom stereocenters. The van der Waals surface area contributed by atoms with Crippen molar-refractivity contribution in [3.8, 4) is 0 Å². The number of halogens is 1. The molecule has 0 unspecified atom stereocenters. The molecule has 2 N–H and O–H groups in total. The van der Waals surface area contributed by atoms with Crippen LogP contribution in [-0.4, -0.2) is 74.5 Å². The predicted octanol–water partition coefficient (Wildman–Crippen LogP) is 2.04. The maximum absolute atomic E-state index is 11.7. The van der Waals surface area contributed by atoms with E-state index >= 15 is 0 Å². The first-order valence-corrected chi connectivity index (χ1v) is 9.39. The lowest BCUT2D eigenvalue weighted by Crippen LogP contribution is -2.53. The maximum atomic E-state index is 11.7. The van der Waals surface area contributed by atoms with Gasteiger partial charge in [0.2, 0.25) is 5.91 Å². The van der Waals surface area contributed by atoms with Crippen LogP contribution < -0.4 is 10.6 Å². The molecule has 1 aliphatic heterocycles. The summed E-state index contributed by atoms with van der Waals surface area (Å²) in [5, 5.41) is 6.03. The Kier molecular flexibility index (Phi) is 11.8. The Labute approximate surface area is 180 Å². The standard InChI is InChI=1S/C20H31N5O.HI/c1-3-11-22-19(26)17-23-20(21-2)25-15-13-24(14-16-25)12-7-10-18-8-5-4-6-9-18;/h4-10H,3,11-17H2,1-2H3,(H,21,23)(H,22,26);1H. The summed E-state index contributed by atoms with van der Waals surface area (Å²) in [7, 11) is 1.77. The van der Waals surface area contributed by atoms with Gasteiger partial charge in [-0.25, -0.2) is 0 Å². The van der Waals surface area contributed by atoms with E-state index in [-0.39, 0.29) is 36.4 Å². The summed E-state index contributed by atoms with van der Waals surface area (Å²) >= 11 is 0. The van der Waals surface area contributed by atoms with E-state index in [9.17, 15) is 4.79 Å². The monoisotopic (exact) mass is 485 g/mol. The van der Waals surface area contributed by atoms with E-state index < -0.39 is 0 Å². The average Bonchev–Trinajstić information content (AvgIpc) is 2.68. The van der Waals surface area contributed by atoms with Crippen LogP contribution in [0.25, 0.3) is 6.08 Å². The minimum atomic E-state index is 0. The summed E-state index contributed by atoms with van der Waals surface area (Å²) in [6.07, 6.45) is 5.33. The molecule has 0 aromatic heterocycles. The highest BCUT2D eigenvalue weighted by molar-refractivity contribution is 14.0. The second-order valence-corrected chi connectivity index (χ2v) is 6.35. The minimum absolute atomic E-state index is 0. The van der Waals surface area contributed by atoms with E-state index in [4.69, 9.17) is 0 Å². The molecule has 6 nitrogen and oxygen atoms in total. The third kappa shape index (κ3) is 8.75. The molecular formula is C20H32IN5O. The molecule has 1 saturated heterocycles. The normalized spacial score (nSPS) is 15.5. The molecule has 1 amide bonds. The first kappa shape index (κ1) is 23.4. The van der Waals surface area contributed by atoms with Crippen LogP contribution in [0, 0.1) is 0 Å². The first-order chi connectivity index (χ1) is 12.7. The molecule has 1 fully saturated rings. The zero-order valence-corrected chi connectivity index (χ0v) is 18.7. The molecule has 7 heteroatoms. The molecule has 0 spiro atoms. The summed E-state index contributed by atoms with van der Waals surface area (Å²) in [4.78, 5) is 20.7. The number of hydrogen-bond acceptors (Lipinski definition) is 3. The Morgan fingerprint density at radius 2 is 1.85 bits per heavy atom. The fourth-order valence-electron chi connectivity index (χ4n) is 2.86. The molecule has 1 aromatic rings. The van der Waals surface area contributed by atoms with E-state index in [1.165, 1.54) is 5.56 Å². The van der Waals surface area contributed by atoms with Gasteiger partial charge >= 0.3 is 0 Å². The van der Waals surface area contributed by atoms with E-state index in [2.05, 4.69) is 61.8 Å². The molecule has 0 radical (unpaired) electrons. The average molecular weight is 485 g/mol. The van der Waals surface area contributed by atoms with Gasteiger partial charge in [0.05, 0.1) is 6.54 Å². The van der Waals surface area contributed by atoms with Gasteiger partial charge in [-0.3, -0.25) is 14.7 Å². The number of carbonyl (C=O) groups excluding carboxylic acids is 1. The van der Waals surface area contributed by atoms with Gasteiger partial charge < -0.3 is 15.5 Å². The van der Waals surface area contributed by atoms with Crippen LogP contribution in [0.5, 0.6) is 0 Å². The van der Waals surface area contributed by atoms with E-state index in [0.717, 1.165) is 45.1 Å². The zero-order chi connectivity index (χ0) is 18.6. The zero-order valence-electron chi connectivity index (χ0n) is 16.4. The fraction of sp³-hybridized carbons (Fsp3) is 0.500. The second kappa shape index (κ2) is 13.5. The molecule has 1 aromatic carbocycles. The smallest absolute Gasteiger partial charge is 0.239 e. The maximum Gasteiger partial charge on any atom is 0.239 e. The van der Waals surface area contributed by atoms with Gasteiger partial charge in [0.25, 0.3) is 0 Å². The van der Waals surface area contributed by atoms with Crippen molar-refractivity contribution in [2.24, 2.45) is 4.99 Å². The first-order valence-electron chi connectivity index (χ1n) is 9.39. The largest absolute Gasteiger partial charge is 0.355 e. The van der Waals surface area contributed by atoms with Crippen molar-refractivity contribution in [3.05, 3.63) is 42.0 Å². The topological polar surface area (TPSA) is 60.0 Å². The minimum Gasteiger partial charge on any atom is -0.355 e. The SMILES string of the molecule is CCCNC(=O)CNC(=NC)N1CCN(CC=Cc2ccccc2)CC1.I. The number of nitrogens with one attached hydrogen (secondary N) is 2. The lowest BCUT2D eigenvalue weighted by Gasteiger charge is -2.36. The van der Waals surface area contributed by atoms with Crippen molar-refractivity contribution in [1.29, 1.82) is 0 Å². The number of aliphatic imine (C=N–C) groups is 1. The summed E-state index contributed by atoms with van der Waals surface area (Å²) in [6, 6.07) is 10.4. The van der Waals surface area contributed by atoms with Crippen molar-refractivity contribution in [3.63, 3.8) is 0 Å². The van der Waals surface area contributed by atoms with Crippen LogP contribution in [-0.2, 0) is 4.79 Å². The van der Waals surface area contributed by atoms with Gasteiger partial charge in [-0.05, 0) is 12.0 Å². The van der Waals surface area contributed by atoms with Crippen molar-refractivity contribution in [2.45, 2.75) is 13.3 Å². The van der Waals surface area contributed by atoms with Crippen LogP contribution in [0.15, 0.2) is 41.4 Å². The van der Waals surface area contributed by atoms with E-state index in [0.29, 0.717) is 6.54 Å². The fourth-order valence-corrected chi connectivity index (χ4v) is 2.86. The highest BCUT2D eigenvalue weighted by Crippen LogP contribution is 2.05. The summed E-state index contributed by atoms with van der Waals surface area (Å²) in [5.74, 6) is 0.814. The lowest BCUT2D eigenvalue weighted by atomic mass is 10.2. The van der Waals surface area contributed by atoms with Gasteiger partial charge in [-0.1, -0.05) is 49.4 Å². The predicted molar refractivity (Wildman–Crippen MR) is 124 cm³/mol. The molecule has 150 valence electrons. The van der Waals surface area contributed by atoms with Crippen LogP contribution in [0.1, 0.15) is 18.9 Å². The van der Waals surface area contributed by atoms with Gasteiger partial charge in [0.15, 0.2) is 5.96 Å². The number of piperazine rings is 1. The van der Waals surface area contributed by atoms with Gasteiger partial charge in [0.1, 0.15) is 0 Å². The van der Waals surface area contributed by atoms with Crippen molar-refractivity contribution in [2.75, 3.05) is 52.9 Å². The van der Waals surface area contributed by atoms with Crippen LogP contribution in [0.2, 0.25) is 0 Å². The molecule has 0 aliphatic carbocycles. The highest BCUT2D eigenvalue weighted by Gasteiger charge is 2.19. The third-order valence-corrected chi connectivity index (χ3v) is 4.34. The van der Waals surface area contributed by atoms with E-state index in [1.807, 2.05) is 13.0 Å². The third-order valence-electron chi connectivity index (χ3n) is 4.34. The second-order valence-electron chi connectivity index (χ2n) is 6.35. The molecule has 0 saturated carbocycles. The lowest BCUT2D eigenvalue weighted by molar-refractivity contribution is -0.120. The van der Waals surface area contributed by atoms with Crippen molar-refractivity contribution in [1.82, 2.24) is 20.4 Å². The molecule has 0 bridgehead atoms. The Balaban J connectivity index is 0.00000364. The van der Waals surface area contributed by atoms with Crippen LogP contribution >= 0.6 is 24.0 Å². The molecule has 1 aliphatic rings. The number of amides is 1. The van der Waals surface area contributed by atoms with Gasteiger partial charge in [-0.15, -0.1) is 24.0 Å². The van der Waals surface area contributed by atoms with Crippen molar-refractivity contribution < 1.29 is 4.79 Å². The highest BCUT2D eigenvalue weighted by atomic mass is 127. The Morgan fingerprint density at radius 1 is 1.15 bits per heavy atom. The Bertz CT molecular complexity index is 598.